The molecule has 32 heavy (non-hydrogen) atoms. The first-order chi connectivity index (χ1) is 15.4. The maximum absolute atomic E-state index is 13.1. The third kappa shape index (κ3) is 2.77. The third-order valence-corrected chi connectivity index (χ3v) is 8.73. The first-order valence-corrected chi connectivity index (χ1v) is 11.8. The molecule has 1 aromatic heterocycles. The lowest BCUT2D eigenvalue weighted by Crippen LogP contribution is -2.59. The number of primary amides is 1. The zero-order chi connectivity index (χ0) is 22.2. The van der Waals surface area contributed by atoms with Crippen molar-refractivity contribution in [2.75, 3.05) is 13.1 Å². The van der Waals surface area contributed by atoms with Crippen molar-refractivity contribution in [2.45, 2.75) is 50.7 Å². The third-order valence-electron chi connectivity index (χ3n) is 8.73. The second kappa shape index (κ2) is 6.86. The average Bonchev–Trinajstić information content (AvgIpc) is 3.34. The fourth-order valence-electron chi connectivity index (χ4n) is 7.45. The van der Waals surface area contributed by atoms with E-state index in [1.165, 1.54) is 0 Å². The zero-order valence-electron chi connectivity index (χ0n) is 18.4. The number of aryl methyl sites for hydroxylation is 1. The number of para-hydroxylation sites is 2. The van der Waals surface area contributed by atoms with Gasteiger partial charge >= 0.3 is 11.8 Å². The van der Waals surface area contributed by atoms with E-state index in [1.54, 1.807) is 16.5 Å². The molecule has 2 N–H and O–H groups in total. The van der Waals surface area contributed by atoms with Gasteiger partial charge in [0.2, 0.25) is 5.91 Å². The Labute approximate surface area is 186 Å². The van der Waals surface area contributed by atoms with E-state index in [2.05, 4.69) is 0 Å². The smallest absolute Gasteiger partial charge is 0.410 e. The highest BCUT2D eigenvalue weighted by Crippen LogP contribution is 2.60. The number of rotatable bonds is 3. The first-order valence-electron chi connectivity index (χ1n) is 11.8. The minimum atomic E-state index is -0.381. The summed E-state index contributed by atoms with van der Waals surface area (Å²) in [6.45, 7) is 1.05. The molecule has 0 radical (unpaired) electrons. The van der Waals surface area contributed by atoms with Gasteiger partial charge in [0.15, 0.2) is 0 Å². The van der Waals surface area contributed by atoms with Crippen molar-refractivity contribution in [2.24, 2.45) is 36.0 Å². The Bertz CT molecular complexity index is 1150. The molecule has 170 valence electrons. The van der Waals surface area contributed by atoms with Crippen LogP contribution in [0.15, 0.2) is 29.1 Å². The number of benzene rings is 1. The van der Waals surface area contributed by atoms with Crippen LogP contribution in [0.25, 0.3) is 11.0 Å². The average molecular weight is 439 g/mol. The Morgan fingerprint density at radius 2 is 1.78 bits per heavy atom. The number of imidazole rings is 1. The van der Waals surface area contributed by atoms with Gasteiger partial charge in [-0.15, -0.1) is 0 Å². The van der Waals surface area contributed by atoms with Crippen LogP contribution in [0.5, 0.6) is 0 Å². The van der Waals surface area contributed by atoms with Crippen LogP contribution >= 0.6 is 0 Å². The standard InChI is InChI=1S/C24H30N4O4/c1-26-18-4-2-3-5-19(18)28(22(26)30)17-6-7-27(13-17)23(31)32-20-15-8-14-9-16(20)12-24(10-14,11-15)21(25)29/h2-5,14-17,20H,6-13H2,1H3,(H2,25,29)/t14?,15?,16?,17-,20?,24?/m1/s1. The number of aromatic nitrogens is 2. The molecule has 5 aliphatic rings. The first kappa shape index (κ1) is 19.9. The lowest BCUT2D eigenvalue weighted by atomic mass is 9.48. The predicted octanol–water partition coefficient (Wildman–Crippen LogP) is 2.40. The number of hydrogen-bond donors (Lipinski definition) is 1. The molecule has 7 rings (SSSR count). The molecule has 2 unspecified atom stereocenters. The van der Waals surface area contributed by atoms with Crippen molar-refractivity contribution in [1.82, 2.24) is 14.0 Å². The molecular weight excluding hydrogens is 408 g/mol. The molecule has 4 saturated carbocycles. The van der Waals surface area contributed by atoms with Crippen LogP contribution in [-0.2, 0) is 16.6 Å². The van der Waals surface area contributed by atoms with Gasteiger partial charge in [-0.3, -0.25) is 13.9 Å². The van der Waals surface area contributed by atoms with Crippen molar-refractivity contribution in [3.8, 4) is 0 Å². The summed E-state index contributed by atoms with van der Waals surface area (Å²) in [5, 5.41) is 0. The van der Waals surface area contributed by atoms with E-state index in [-0.39, 0.29) is 47.1 Å². The van der Waals surface area contributed by atoms with Crippen LogP contribution in [0.4, 0.5) is 4.79 Å². The summed E-state index contributed by atoms with van der Waals surface area (Å²) in [5.74, 6) is 0.822. The van der Waals surface area contributed by atoms with E-state index in [0.717, 1.165) is 49.6 Å². The summed E-state index contributed by atoms with van der Waals surface area (Å²) >= 11 is 0. The number of fused-ring (bicyclic) bond motifs is 1. The van der Waals surface area contributed by atoms with Crippen LogP contribution in [0.3, 0.4) is 0 Å². The lowest BCUT2D eigenvalue weighted by molar-refractivity contribution is -0.161. The van der Waals surface area contributed by atoms with E-state index >= 15 is 0 Å². The van der Waals surface area contributed by atoms with Crippen molar-refractivity contribution in [1.29, 1.82) is 0 Å². The summed E-state index contributed by atoms with van der Waals surface area (Å²) in [6.07, 6.45) is 4.78. The molecule has 1 saturated heterocycles. The molecule has 3 atom stereocenters. The van der Waals surface area contributed by atoms with E-state index in [0.29, 0.717) is 19.0 Å². The maximum Gasteiger partial charge on any atom is 0.410 e. The van der Waals surface area contributed by atoms with Gasteiger partial charge < -0.3 is 15.4 Å². The molecule has 8 heteroatoms. The van der Waals surface area contributed by atoms with Crippen LogP contribution in [0.1, 0.15) is 44.6 Å². The minimum Gasteiger partial charge on any atom is -0.446 e. The molecule has 4 aliphatic carbocycles. The Morgan fingerprint density at radius 1 is 1.09 bits per heavy atom. The Hall–Kier alpha value is -2.77. The molecule has 2 heterocycles. The van der Waals surface area contributed by atoms with E-state index < -0.39 is 0 Å². The molecule has 2 amide bonds. The molecule has 4 bridgehead atoms. The number of carbonyl (C=O) groups is 2. The highest BCUT2D eigenvalue weighted by molar-refractivity contribution is 5.81. The minimum absolute atomic E-state index is 0.0517. The number of amides is 2. The second-order valence-electron chi connectivity index (χ2n) is 10.6. The highest BCUT2D eigenvalue weighted by Gasteiger charge is 2.59. The van der Waals surface area contributed by atoms with Gasteiger partial charge in [0.25, 0.3) is 0 Å². The number of hydrogen-bond acceptors (Lipinski definition) is 4. The number of nitrogens with two attached hydrogens (primary N) is 1. The number of ether oxygens (including phenoxy) is 1. The van der Waals surface area contributed by atoms with Gasteiger partial charge in [-0.25, -0.2) is 9.59 Å². The monoisotopic (exact) mass is 438 g/mol. The van der Waals surface area contributed by atoms with Crippen LogP contribution < -0.4 is 11.4 Å². The van der Waals surface area contributed by atoms with Crippen LogP contribution in [-0.4, -0.2) is 45.2 Å². The van der Waals surface area contributed by atoms with Crippen molar-refractivity contribution in [3.63, 3.8) is 0 Å². The quantitative estimate of drug-likeness (QED) is 0.795. The SMILES string of the molecule is Cn1c(=O)n([C@@H]2CCN(C(=O)OC3C4CC5CC3CC(C(N)=O)(C5)C4)C2)c2ccccc21. The summed E-state index contributed by atoms with van der Waals surface area (Å²) in [7, 11) is 1.79. The van der Waals surface area contributed by atoms with E-state index in [4.69, 9.17) is 10.5 Å². The largest absolute Gasteiger partial charge is 0.446 e. The lowest BCUT2D eigenvalue weighted by Gasteiger charge is -2.58. The fraction of sp³-hybridized carbons (Fsp3) is 0.625. The topological polar surface area (TPSA) is 99.6 Å². The molecular formula is C24H30N4O4. The van der Waals surface area contributed by atoms with E-state index in [9.17, 15) is 14.4 Å². The number of likely N-dealkylation sites (tertiary alicyclic amines) is 1. The Kier molecular flexibility index (Phi) is 4.26. The van der Waals surface area contributed by atoms with Crippen molar-refractivity contribution < 1.29 is 14.3 Å². The summed E-state index contributed by atoms with van der Waals surface area (Å²) in [6, 6.07) is 7.71. The molecule has 2 aromatic rings. The van der Waals surface area contributed by atoms with Crippen LogP contribution in [0.2, 0.25) is 0 Å². The number of carbonyl (C=O) groups excluding carboxylic acids is 2. The van der Waals surface area contributed by atoms with Crippen molar-refractivity contribution >= 4 is 23.0 Å². The summed E-state index contributed by atoms with van der Waals surface area (Å²) in [5.41, 5.74) is 7.14. The molecule has 1 aliphatic heterocycles. The second-order valence-corrected chi connectivity index (χ2v) is 10.6. The summed E-state index contributed by atoms with van der Waals surface area (Å²) in [4.78, 5) is 39.9. The predicted molar refractivity (Wildman–Crippen MR) is 118 cm³/mol. The van der Waals surface area contributed by atoms with Gasteiger partial charge in [0.05, 0.1) is 22.5 Å². The number of nitrogens with zero attached hydrogens (tertiary/aromatic N) is 3. The van der Waals surface area contributed by atoms with Gasteiger partial charge in [0, 0.05) is 20.1 Å². The Morgan fingerprint density at radius 3 is 2.47 bits per heavy atom. The van der Waals surface area contributed by atoms with Crippen LogP contribution in [0, 0.1) is 23.2 Å². The van der Waals surface area contributed by atoms with Gasteiger partial charge in [0.1, 0.15) is 6.10 Å². The molecule has 1 aromatic carbocycles. The van der Waals surface area contributed by atoms with Crippen molar-refractivity contribution in [3.05, 3.63) is 34.7 Å². The van der Waals surface area contributed by atoms with Gasteiger partial charge in [-0.05, 0) is 68.4 Å². The fourth-order valence-corrected chi connectivity index (χ4v) is 7.45. The summed E-state index contributed by atoms with van der Waals surface area (Å²) < 4.78 is 9.57. The zero-order valence-corrected chi connectivity index (χ0v) is 18.4. The Balaban J connectivity index is 1.17. The highest BCUT2D eigenvalue weighted by atomic mass is 16.6. The molecule has 5 fully saturated rings. The maximum atomic E-state index is 13.1. The molecule has 0 spiro atoms. The van der Waals surface area contributed by atoms with Gasteiger partial charge in [-0.2, -0.15) is 0 Å². The van der Waals surface area contributed by atoms with E-state index in [1.807, 2.05) is 28.8 Å². The van der Waals surface area contributed by atoms with Gasteiger partial charge in [-0.1, -0.05) is 12.1 Å². The normalized spacial score (nSPS) is 35.5. The molecule has 8 nitrogen and oxygen atoms in total.